The average molecular weight is 314 g/mol. The summed E-state index contributed by atoms with van der Waals surface area (Å²) >= 11 is 0. The molecule has 0 bridgehead atoms. The van der Waals surface area contributed by atoms with E-state index in [1.54, 1.807) is 7.11 Å². The molecule has 2 saturated carbocycles. The zero-order chi connectivity index (χ0) is 16.4. The van der Waals surface area contributed by atoms with Gasteiger partial charge in [-0.1, -0.05) is 26.0 Å². The number of carbonyl (C=O) groups excluding carboxylic acids is 2. The zero-order valence-corrected chi connectivity index (χ0v) is 14.3. The smallest absolute Gasteiger partial charge is 0.167 e. The molecule has 2 fully saturated rings. The van der Waals surface area contributed by atoms with Crippen LogP contribution in [-0.2, 0) is 14.3 Å². The fourth-order valence-corrected chi connectivity index (χ4v) is 6.02. The van der Waals surface area contributed by atoms with E-state index in [9.17, 15) is 9.59 Å². The number of methoxy groups -OCH3 is 1. The molecule has 4 aliphatic rings. The molecule has 3 nitrogen and oxygen atoms in total. The minimum Gasteiger partial charge on any atom is -0.374 e. The van der Waals surface area contributed by atoms with Crippen molar-refractivity contribution in [3.8, 4) is 0 Å². The van der Waals surface area contributed by atoms with Gasteiger partial charge in [0.2, 0.25) is 0 Å². The van der Waals surface area contributed by atoms with Crippen LogP contribution < -0.4 is 0 Å². The molecule has 0 unspecified atom stereocenters. The maximum Gasteiger partial charge on any atom is 0.167 e. The van der Waals surface area contributed by atoms with Gasteiger partial charge in [-0.05, 0) is 61.0 Å². The Morgan fingerprint density at radius 2 is 1.91 bits per heavy atom. The van der Waals surface area contributed by atoms with E-state index in [1.807, 2.05) is 6.08 Å². The molecule has 0 aromatic heterocycles. The number of fused-ring (bicyclic) bond motifs is 5. The normalized spacial score (nSPS) is 48.6. The highest BCUT2D eigenvalue weighted by molar-refractivity contribution is 5.98. The summed E-state index contributed by atoms with van der Waals surface area (Å²) in [5.41, 5.74) is 0.943. The molecule has 23 heavy (non-hydrogen) atoms. The van der Waals surface area contributed by atoms with E-state index in [1.165, 1.54) is 5.57 Å². The Labute approximate surface area is 138 Å². The lowest BCUT2D eigenvalue weighted by Crippen LogP contribution is -2.52. The van der Waals surface area contributed by atoms with Crippen LogP contribution in [0.3, 0.4) is 0 Å². The van der Waals surface area contributed by atoms with Gasteiger partial charge in [-0.3, -0.25) is 9.59 Å². The van der Waals surface area contributed by atoms with E-state index in [-0.39, 0.29) is 40.3 Å². The Bertz CT molecular complexity index is 631. The van der Waals surface area contributed by atoms with E-state index >= 15 is 0 Å². The maximum atomic E-state index is 12.9. The number of allylic oxidation sites excluding steroid dienone is 4. The van der Waals surface area contributed by atoms with Crippen molar-refractivity contribution in [1.29, 1.82) is 0 Å². The Morgan fingerprint density at radius 3 is 2.65 bits per heavy atom. The lowest BCUT2D eigenvalue weighted by Gasteiger charge is -2.54. The van der Waals surface area contributed by atoms with E-state index < -0.39 is 0 Å². The van der Waals surface area contributed by atoms with Crippen LogP contribution in [-0.4, -0.2) is 24.8 Å². The second kappa shape index (κ2) is 4.89. The van der Waals surface area contributed by atoms with Crippen molar-refractivity contribution in [2.24, 2.45) is 28.6 Å². The van der Waals surface area contributed by atoms with E-state index in [0.29, 0.717) is 12.3 Å². The van der Waals surface area contributed by atoms with Crippen molar-refractivity contribution < 1.29 is 14.3 Å². The second-order valence-corrected chi connectivity index (χ2v) is 8.38. The summed E-state index contributed by atoms with van der Waals surface area (Å²) in [6.07, 6.45) is 10.7. The molecule has 0 spiro atoms. The van der Waals surface area contributed by atoms with Gasteiger partial charge >= 0.3 is 0 Å². The summed E-state index contributed by atoms with van der Waals surface area (Å²) in [6.45, 7) is 4.41. The highest BCUT2D eigenvalue weighted by Gasteiger charge is 2.62. The molecule has 0 heterocycles. The van der Waals surface area contributed by atoms with Crippen molar-refractivity contribution in [2.75, 3.05) is 7.11 Å². The summed E-state index contributed by atoms with van der Waals surface area (Å²) < 4.78 is 5.44. The van der Waals surface area contributed by atoms with Crippen LogP contribution in [0.15, 0.2) is 23.8 Å². The van der Waals surface area contributed by atoms with Crippen molar-refractivity contribution in [2.45, 2.75) is 52.1 Å². The maximum absolute atomic E-state index is 12.9. The molecule has 3 heteroatoms. The molecule has 4 aliphatic carbocycles. The van der Waals surface area contributed by atoms with Gasteiger partial charge in [0.1, 0.15) is 6.10 Å². The van der Waals surface area contributed by atoms with Crippen LogP contribution in [0.1, 0.15) is 46.0 Å². The summed E-state index contributed by atoms with van der Waals surface area (Å²) in [5.74, 6) is 0.987. The lowest BCUT2D eigenvalue weighted by atomic mass is 9.48. The lowest BCUT2D eigenvalue weighted by molar-refractivity contribution is -0.141. The molecule has 0 aromatic carbocycles. The number of hydrogen-bond acceptors (Lipinski definition) is 3. The zero-order valence-electron chi connectivity index (χ0n) is 14.3. The molecule has 0 aromatic rings. The van der Waals surface area contributed by atoms with Crippen LogP contribution in [0.4, 0.5) is 0 Å². The number of carbonyl (C=O) groups is 2. The van der Waals surface area contributed by atoms with Crippen molar-refractivity contribution in [3.63, 3.8) is 0 Å². The standard InChI is InChI=1S/C20H26O3/c1-19-8-5-4-6-12(19)10-15(21)17-13(19)7-9-20(2)14(17)11-16(23-3)18(20)22/h4,6,10,13-14,16-17H,5,7-9,11H2,1-3H3/t13-,14-,16+,17+,19-,20-/m0/s1. The van der Waals surface area contributed by atoms with Crippen LogP contribution in [0.25, 0.3) is 0 Å². The van der Waals surface area contributed by atoms with E-state index in [0.717, 1.165) is 25.7 Å². The first-order valence-electron chi connectivity index (χ1n) is 8.91. The van der Waals surface area contributed by atoms with Crippen LogP contribution in [0, 0.1) is 28.6 Å². The fraction of sp³-hybridized carbons (Fsp3) is 0.700. The van der Waals surface area contributed by atoms with E-state index in [4.69, 9.17) is 4.74 Å². The van der Waals surface area contributed by atoms with Gasteiger partial charge in [0.25, 0.3) is 0 Å². The summed E-state index contributed by atoms with van der Waals surface area (Å²) in [4.78, 5) is 25.7. The number of ketones is 2. The van der Waals surface area contributed by atoms with Gasteiger partial charge in [0.05, 0.1) is 0 Å². The predicted octanol–water partition coefficient (Wildman–Crippen LogP) is 3.49. The van der Waals surface area contributed by atoms with Crippen LogP contribution >= 0.6 is 0 Å². The molecule has 0 radical (unpaired) electrons. The first kappa shape index (κ1) is 15.3. The minimum absolute atomic E-state index is 0.00176. The topological polar surface area (TPSA) is 43.4 Å². The molecule has 6 atom stereocenters. The summed E-state index contributed by atoms with van der Waals surface area (Å²) in [7, 11) is 1.62. The molecule has 0 saturated heterocycles. The van der Waals surface area contributed by atoms with Gasteiger partial charge in [0, 0.05) is 18.4 Å². The Balaban J connectivity index is 1.78. The van der Waals surface area contributed by atoms with Crippen molar-refractivity contribution in [1.82, 2.24) is 0 Å². The van der Waals surface area contributed by atoms with Crippen molar-refractivity contribution >= 4 is 11.6 Å². The van der Waals surface area contributed by atoms with Gasteiger partial charge < -0.3 is 4.74 Å². The molecule has 124 valence electrons. The fourth-order valence-electron chi connectivity index (χ4n) is 6.02. The first-order chi connectivity index (χ1) is 10.9. The van der Waals surface area contributed by atoms with Crippen LogP contribution in [0.2, 0.25) is 0 Å². The molecular formula is C20H26O3. The Kier molecular flexibility index (Phi) is 3.26. The Hall–Kier alpha value is -1.22. The molecule has 0 N–H and O–H groups in total. The van der Waals surface area contributed by atoms with Gasteiger partial charge in [-0.25, -0.2) is 0 Å². The SMILES string of the molecule is CO[C@@H]1C[C@H]2[C@@H]3C(=O)C=C4C=CCC[C@]4(C)[C@H]3CC[C@]2(C)C1=O. The summed E-state index contributed by atoms with van der Waals surface area (Å²) in [6, 6.07) is 0. The number of hydrogen-bond donors (Lipinski definition) is 0. The molecule has 4 rings (SSSR count). The summed E-state index contributed by atoms with van der Waals surface area (Å²) in [5, 5.41) is 0. The first-order valence-corrected chi connectivity index (χ1v) is 8.91. The third-order valence-corrected chi connectivity index (χ3v) is 7.50. The quantitative estimate of drug-likeness (QED) is 0.744. The molecular weight excluding hydrogens is 288 g/mol. The van der Waals surface area contributed by atoms with Crippen molar-refractivity contribution in [3.05, 3.63) is 23.8 Å². The van der Waals surface area contributed by atoms with E-state index in [2.05, 4.69) is 26.0 Å². The third kappa shape index (κ3) is 1.86. The van der Waals surface area contributed by atoms with Crippen LogP contribution in [0.5, 0.6) is 0 Å². The molecule has 0 amide bonds. The molecule has 0 aliphatic heterocycles. The van der Waals surface area contributed by atoms with Gasteiger partial charge in [-0.15, -0.1) is 0 Å². The highest BCUT2D eigenvalue weighted by Crippen LogP contribution is 2.62. The third-order valence-electron chi connectivity index (χ3n) is 7.50. The van der Waals surface area contributed by atoms with Gasteiger partial charge in [-0.2, -0.15) is 0 Å². The minimum atomic E-state index is -0.371. The predicted molar refractivity (Wildman–Crippen MR) is 87.8 cm³/mol. The second-order valence-electron chi connectivity index (χ2n) is 8.38. The number of Topliss-reactive ketones (excluding diaryl/α,β-unsaturated/α-hetero) is 1. The number of ether oxygens (including phenoxy) is 1. The number of rotatable bonds is 1. The van der Waals surface area contributed by atoms with Gasteiger partial charge in [0.15, 0.2) is 11.6 Å². The largest absolute Gasteiger partial charge is 0.374 e. The highest BCUT2D eigenvalue weighted by atomic mass is 16.5. The average Bonchev–Trinajstić information content (AvgIpc) is 2.79. The monoisotopic (exact) mass is 314 g/mol. The Morgan fingerprint density at radius 1 is 1.13 bits per heavy atom.